The van der Waals surface area contributed by atoms with Gasteiger partial charge >= 0.3 is 0 Å². The summed E-state index contributed by atoms with van der Waals surface area (Å²) in [5, 5.41) is 4.70. The Kier molecular flexibility index (Phi) is 8.79. The summed E-state index contributed by atoms with van der Waals surface area (Å²) in [7, 11) is 0. The summed E-state index contributed by atoms with van der Waals surface area (Å²) in [4.78, 5) is 9.01. The van der Waals surface area contributed by atoms with Crippen molar-refractivity contribution in [2.24, 2.45) is 0 Å². The Bertz CT molecular complexity index is 1940. The minimum absolute atomic E-state index is 0. The summed E-state index contributed by atoms with van der Waals surface area (Å²) in [6.07, 6.45) is 10.4. The molecule has 3 heterocycles. The molecule has 1 radical (unpaired) electrons. The van der Waals surface area contributed by atoms with Gasteiger partial charge in [0.05, 0.1) is 5.58 Å². The first kappa shape index (κ1) is 29.0. The molecule has 0 atom stereocenters. The number of hydrogen-bond acceptors (Lipinski definition) is 3. The van der Waals surface area contributed by atoms with E-state index in [0.29, 0.717) is 5.92 Å². The van der Waals surface area contributed by atoms with Gasteiger partial charge in [-0.3, -0.25) is 0 Å². The van der Waals surface area contributed by atoms with Crippen LogP contribution in [0.15, 0.2) is 114 Å². The van der Waals surface area contributed by atoms with Crippen molar-refractivity contribution in [3.8, 4) is 22.5 Å². The molecular formula is C39H32IrN2O-2. The topological polar surface area (TPSA) is 38.9 Å². The molecule has 7 aromatic rings. The van der Waals surface area contributed by atoms with E-state index in [1.165, 1.54) is 48.4 Å². The fourth-order valence-electron chi connectivity index (χ4n) is 6.23. The molecule has 8 rings (SSSR count). The number of furan rings is 1. The molecule has 0 saturated heterocycles. The second-order valence-corrected chi connectivity index (χ2v) is 11.1. The summed E-state index contributed by atoms with van der Waals surface area (Å²) in [6.45, 7) is 2.09. The fourth-order valence-corrected chi connectivity index (χ4v) is 6.23. The van der Waals surface area contributed by atoms with Gasteiger partial charge in [0, 0.05) is 37.9 Å². The maximum atomic E-state index is 6.29. The minimum Gasteiger partial charge on any atom is -0.501 e. The van der Waals surface area contributed by atoms with Crippen LogP contribution >= 0.6 is 0 Å². The van der Waals surface area contributed by atoms with Crippen molar-refractivity contribution in [3.05, 3.63) is 133 Å². The predicted molar refractivity (Wildman–Crippen MR) is 172 cm³/mol. The minimum atomic E-state index is 0. The number of fused-ring (bicyclic) bond motifs is 4. The quantitative estimate of drug-likeness (QED) is 0.170. The van der Waals surface area contributed by atoms with Crippen LogP contribution in [0, 0.1) is 19.1 Å². The zero-order chi connectivity index (χ0) is 28.3. The smallest absolute Gasteiger partial charge is 0.120 e. The molecule has 4 heteroatoms. The number of aryl methyl sites for hydroxylation is 1. The molecule has 43 heavy (non-hydrogen) atoms. The van der Waals surface area contributed by atoms with Crippen LogP contribution in [0.4, 0.5) is 0 Å². The Morgan fingerprint density at radius 2 is 1.58 bits per heavy atom. The average Bonchev–Trinajstić information content (AvgIpc) is 3.44. The zero-order valence-electron chi connectivity index (χ0n) is 24.1. The molecule has 4 aromatic carbocycles. The van der Waals surface area contributed by atoms with Gasteiger partial charge in [0.1, 0.15) is 5.58 Å². The van der Waals surface area contributed by atoms with Crippen LogP contribution < -0.4 is 0 Å². The van der Waals surface area contributed by atoms with Gasteiger partial charge in [-0.1, -0.05) is 85.7 Å². The number of benzene rings is 4. The van der Waals surface area contributed by atoms with E-state index < -0.39 is 0 Å². The second kappa shape index (κ2) is 13.0. The first-order chi connectivity index (χ1) is 20.7. The number of aromatic nitrogens is 2. The van der Waals surface area contributed by atoms with E-state index >= 15 is 0 Å². The Morgan fingerprint density at radius 3 is 2.40 bits per heavy atom. The van der Waals surface area contributed by atoms with Crippen molar-refractivity contribution in [2.45, 2.75) is 44.9 Å². The van der Waals surface area contributed by atoms with E-state index in [1.807, 2.05) is 60.8 Å². The number of nitrogens with zero attached hydrogens (tertiary/aromatic N) is 2. The van der Waals surface area contributed by atoms with E-state index in [2.05, 4.69) is 66.5 Å². The maximum Gasteiger partial charge on any atom is 0.120 e. The van der Waals surface area contributed by atoms with E-state index in [0.717, 1.165) is 50.0 Å². The van der Waals surface area contributed by atoms with Gasteiger partial charge in [0.15, 0.2) is 0 Å². The van der Waals surface area contributed by atoms with Crippen LogP contribution in [-0.2, 0) is 20.1 Å². The van der Waals surface area contributed by atoms with Crippen LogP contribution in [0.2, 0.25) is 0 Å². The number of rotatable bonds is 3. The third-order valence-corrected chi connectivity index (χ3v) is 8.30. The molecule has 3 aromatic heterocycles. The van der Waals surface area contributed by atoms with Crippen molar-refractivity contribution in [2.75, 3.05) is 0 Å². The first-order valence-electron chi connectivity index (χ1n) is 14.9. The molecule has 1 fully saturated rings. The van der Waals surface area contributed by atoms with Crippen LogP contribution in [0.25, 0.3) is 55.2 Å². The van der Waals surface area contributed by atoms with Crippen LogP contribution in [0.1, 0.15) is 49.1 Å². The Balaban J connectivity index is 0.000000213. The SMILES string of the molecule is Cc1[c-]c(-c2nccc3cc(C4CCCCC4)ccc23)c2oc3ccccc3c2c1.[Ir].[c-]1ccccc1-c1ccccn1. The van der Waals surface area contributed by atoms with Gasteiger partial charge in [0.25, 0.3) is 0 Å². The monoisotopic (exact) mass is 737 g/mol. The van der Waals surface area contributed by atoms with Gasteiger partial charge in [-0.2, -0.15) is 0 Å². The fraction of sp³-hybridized carbons (Fsp3) is 0.179. The van der Waals surface area contributed by atoms with E-state index in [1.54, 1.807) is 6.20 Å². The van der Waals surface area contributed by atoms with Crippen molar-refractivity contribution < 1.29 is 24.5 Å². The molecule has 0 aliphatic heterocycles. The Labute approximate surface area is 266 Å². The Hall–Kier alpha value is -4.11. The van der Waals surface area contributed by atoms with Gasteiger partial charge in [0.2, 0.25) is 0 Å². The summed E-state index contributed by atoms with van der Waals surface area (Å²) in [5.74, 6) is 0.701. The van der Waals surface area contributed by atoms with E-state index in [9.17, 15) is 0 Å². The number of hydrogen-bond donors (Lipinski definition) is 0. The molecule has 1 aliphatic carbocycles. The van der Waals surface area contributed by atoms with Crippen molar-refractivity contribution >= 4 is 32.7 Å². The summed E-state index contributed by atoms with van der Waals surface area (Å²) in [5.41, 5.74) is 8.28. The molecule has 0 N–H and O–H groups in total. The molecule has 1 saturated carbocycles. The first-order valence-corrected chi connectivity index (χ1v) is 14.9. The van der Waals surface area contributed by atoms with Gasteiger partial charge in [-0.25, -0.2) is 0 Å². The third-order valence-electron chi connectivity index (χ3n) is 8.30. The van der Waals surface area contributed by atoms with Crippen molar-refractivity contribution in [1.82, 2.24) is 9.97 Å². The van der Waals surface area contributed by atoms with Crippen LogP contribution in [0.5, 0.6) is 0 Å². The summed E-state index contributed by atoms with van der Waals surface area (Å²) < 4.78 is 6.29. The molecule has 3 nitrogen and oxygen atoms in total. The van der Waals surface area contributed by atoms with Gasteiger partial charge in [-0.05, 0) is 64.7 Å². The van der Waals surface area contributed by atoms with Crippen molar-refractivity contribution in [3.63, 3.8) is 0 Å². The molecule has 1 aliphatic rings. The molecule has 0 bridgehead atoms. The van der Waals surface area contributed by atoms with Gasteiger partial charge in [-0.15, -0.1) is 53.6 Å². The average molecular weight is 737 g/mol. The molecule has 0 unspecified atom stereocenters. The van der Waals surface area contributed by atoms with Gasteiger partial charge < -0.3 is 14.4 Å². The number of para-hydroxylation sites is 1. The molecule has 215 valence electrons. The summed E-state index contributed by atoms with van der Waals surface area (Å²) in [6, 6.07) is 39.8. The molecular weight excluding hydrogens is 705 g/mol. The zero-order valence-corrected chi connectivity index (χ0v) is 26.5. The van der Waals surface area contributed by atoms with E-state index in [4.69, 9.17) is 9.40 Å². The van der Waals surface area contributed by atoms with Crippen molar-refractivity contribution in [1.29, 1.82) is 0 Å². The molecule has 0 spiro atoms. The summed E-state index contributed by atoms with van der Waals surface area (Å²) >= 11 is 0. The van der Waals surface area contributed by atoms with E-state index in [-0.39, 0.29) is 20.1 Å². The maximum absolute atomic E-state index is 6.29. The predicted octanol–water partition coefficient (Wildman–Crippen LogP) is 10.5. The van der Waals surface area contributed by atoms with Crippen LogP contribution in [0.3, 0.4) is 0 Å². The second-order valence-electron chi connectivity index (χ2n) is 11.1. The number of pyridine rings is 2. The molecule has 0 amide bonds. The van der Waals surface area contributed by atoms with Crippen LogP contribution in [-0.4, -0.2) is 9.97 Å². The third kappa shape index (κ3) is 6.04. The normalized spacial score (nSPS) is 13.4. The standard InChI is InChI=1S/C28H24NO.C11H8N.Ir/c1-18-15-24-23-9-5-6-10-26(23)30-28(24)25(16-18)27-22-12-11-20(17-21(22)13-14-29-27)19-7-3-2-4-8-19;1-2-6-10(7-3-1)11-8-4-5-9-12-11;/h5-6,9-15,17,19H,2-4,7-8H2,1H3;1-6,8-9H;/q2*-1;. The Morgan fingerprint density at radius 1 is 0.744 bits per heavy atom. The largest absolute Gasteiger partial charge is 0.501 e.